The van der Waals surface area contributed by atoms with E-state index in [1.165, 1.54) is 12.1 Å². The average Bonchev–Trinajstić information content (AvgIpc) is 2.95. The third-order valence-electron chi connectivity index (χ3n) is 3.63. The lowest BCUT2D eigenvalue weighted by molar-refractivity contribution is 0.0521. The number of benzene rings is 2. The van der Waals surface area contributed by atoms with Gasteiger partial charge in [0.25, 0.3) is 0 Å². The fourth-order valence-electron chi connectivity index (χ4n) is 2.63. The molecule has 3 rings (SSSR count). The van der Waals surface area contributed by atoms with Gasteiger partial charge in [0.15, 0.2) is 0 Å². The average molecular weight is 313 g/mol. The number of hydrogen-bond acceptors (Lipinski definition) is 3. The van der Waals surface area contributed by atoms with Gasteiger partial charge in [0, 0.05) is 10.9 Å². The number of H-pyrrole nitrogens is 1. The van der Waals surface area contributed by atoms with E-state index >= 15 is 0 Å². The molecule has 0 amide bonds. The highest BCUT2D eigenvalue weighted by molar-refractivity contribution is 6.09. The number of aromatic nitrogens is 1. The minimum absolute atomic E-state index is 0.272. The van der Waals surface area contributed by atoms with Crippen LogP contribution < -0.4 is 4.74 Å². The normalized spacial score (nSPS) is 10.7. The monoisotopic (exact) mass is 313 g/mol. The van der Waals surface area contributed by atoms with Crippen LogP contribution in [0.3, 0.4) is 0 Å². The van der Waals surface area contributed by atoms with Gasteiger partial charge >= 0.3 is 5.97 Å². The van der Waals surface area contributed by atoms with Crippen LogP contribution in [0.4, 0.5) is 4.39 Å². The van der Waals surface area contributed by atoms with Crippen LogP contribution in [-0.2, 0) is 4.74 Å². The molecule has 118 valence electrons. The number of methoxy groups -OCH3 is 1. The fraction of sp³-hybridized carbons (Fsp3) is 0.167. The molecule has 0 fully saturated rings. The van der Waals surface area contributed by atoms with Crippen molar-refractivity contribution < 1.29 is 18.7 Å². The van der Waals surface area contributed by atoms with E-state index < -0.39 is 5.97 Å². The molecule has 1 heterocycles. The zero-order valence-corrected chi connectivity index (χ0v) is 12.9. The summed E-state index contributed by atoms with van der Waals surface area (Å²) in [6, 6.07) is 11.5. The minimum atomic E-state index is -0.454. The molecule has 0 bridgehead atoms. The summed E-state index contributed by atoms with van der Waals surface area (Å²) >= 11 is 0. The molecule has 0 atom stereocenters. The van der Waals surface area contributed by atoms with E-state index in [4.69, 9.17) is 9.47 Å². The molecule has 0 spiro atoms. The standard InChI is InChI=1S/C18H16FNO3/c1-3-23-18(21)17-15(11-7-9-12(19)10-8-11)13-5-4-6-14(22-2)16(13)20-17/h4-10,20H,3H2,1-2H3. The van der Waals surface area contributed by atoms with Crippen molar-refractivity contribution in [1.82, 2.24) is 4.98 Å². The van der Waals surface area contributed by atoms with Crippen LogP contribution in [0.2, 0.25) is 0 Å². The summed E-state index contributed by atoms with van der Waals surface area (Å²) in [5.74, 6) is -0.157. The first-order chi connectivity index (χ1) is 11.2. The van der Waals surface area contributed by atoms with Crippen molar-refractivity contribution in [2.75, 3.05) is 13.7 Å². The summed E-state index contributed by atoms with van der Waals surface area (Å²) in [6.07, 6.45) is 0. The molecule has 0 aliphatic rings. The second kappa shape index (κ2) is 6.12. The molecule has 3 aromatic rings. The Kier molecular flexibility index (Phi) is 4.02. The lowest BCUT2D eigenvalue weighted by atomic mass is 10.0. The van der Waals surface area contributed by atoms with Gasteiger partial charge in [-0.2, -0.15) is 0 Å². The van der Waals surface area contributed by atoms with Crippen LogP contribution in [0.15, 0.2) is 42.5 Å². The smallest absolute Gasteiger partial charge is 0.355 e. The first kappa shape index (κ1) is 15.1. The Morgan fingerprint density at radius 1 is 1.17 bits per heavy atom. The Bertz CT molecular complexity index is 853. The quantitative estimate of drug-likeness (QED) is 0.736. The SMILES string of the molecule is CCOC(=O)c1[nH]c2c(OC)cccc2c1-c1ccc(F)cc1. The van der Waals surface area contributed by atoms with E-state index in [1.807, 2.05) is 18.2 Å². The Balaban J connectivity index is 2.29. The van der Waals surface area contributed by atoms with Crippen LogP contribution in [0.5, 0.6) is 5.75 Å². The molecular formula is C18H16FNO3. The maximum absolute atomic E-state index is 13.2. The van der Waals surface area contributed by atoms with Crippen LogP contribution >= 0.6 is 0 Å². The van der Waals surface area contributed by atoms with Gasteiger partial charge in [-0.05, 0) is 30.7 Å². The predicted octanol–water partition coefficient (Wildman–Crippen LogP) is 4.16. The van der Waals surface area contributed by atoms with Gasteiger partial charge in [0.05, 0.1) is 19.2 Å². The number of fused-ring (bicyclic) bond motifs is 1. The molecule has 5 heteroatoms. The zero-order valence-electron chi connectivity index (χ0n) is 12.9. The number of esters is 1. The first-order valence-electron chi connectivity index (χ1n) is 7.27. The summed E-state index contributed by atoms with van der Waals surface area (Å²) in [4.78, 5) is 15.4. The molecule has 1 N–H and O–H groups in total. The van der Waals surface area contributed by atoms with Crippen molar-refractivity contribution in [1.29, 1.82) is 0 Å². The number of carbonyl (C=O) groups excluding carboxylic acids is 1. The maximum Gasteiger partial charge on any atom is 0.355 e. The lowest BCUT2D eigenvalue weighted by Crippen LogP contribution is -2.06. The van der Waals surface area contributed by atoms with Crippen molar-refractivity contribution in [2.24, 2.45) is 0 Å². The van der Waals surface area contributed by atoms with E-state index in [0.29, 0.717) is 22.5 Å². The molecule has 0 unspecified atom stereocenters. The number of nitrogens with one attached hydrogen (secondary N) is 1. The molecule has 0 saturated carbocycles. The molecular weight excluding hydrogens is 297 g/mol. The number of ether oxygens (including phenoxy) is 2. The second-order valence-electron chi connectivity index (χ2n) is 4.99. The third-order valence-corrected chi connectivity index (χ3v) is 3.63. The summed E-state index contributed by atoms with van der Waals surface area (Å²) in [6.45, 7) is 2.02. The minimum Gasteiger partial charge on any atom is -0.495 e. The first-order valence-corrected chi connectivity index (χ1v) is 7.27. The highest BCUT2D eigenvalue weighted by Crippen LogP contribution is 2.36. The number of halogens is 1. The second-order valence-corrected chi connectivity index (χ2v) is 4.99. The van der Waals surface area contributed by atoms with Gasteiger partial charge in [-0.1, -0.05) is 24.3 Å². The van der Waals surface area contributed by atoms with Gasteiger partial charge < -0.3 is 14.5 Å². The van der Waals surface area contributed by atoms with Crippen LogP contribution in [0.1, 0.15) is 17.4 Å². The molecule has 0 saturated heterocycles. The van der Waals surface area contributed by atoms with Gasteiger partial charge in [0.2, 0.25) is 0 Å². The number of carbonyl (C=O) groups is 1. The molecule has 0 radical (unpaired) electrons. The topological polar surface area (TPSA) is 51.3 Å². The predicted molar refractivity (Wildman–Crippen MR) is 86.2 cm³/mol. The van der Waals surface area contributed by atoms with Gasteiger partial charge in [-0.15, -0.1) is 0 Å². The van der Waals surface area contributed by atoms with Crippen molar-refractivity contribution in [3.05, 3.63) is 54.0 Å². The summed E-state index contributed by atoms with van der Waals surface area (Å²) in [5, 5.41) is 0.819. The lowest BCUT2D eigenvalue weighted by Gasteiger charge is -2.05. The van der Waals surface area contributed by atoms with E-state index in [9.17, 15) is 9.18 Å². The van der Waals surface area contributed by atoms with E-state index in [1.54, 1.807) is 26.2 Å². The highest BCUT2D eigenvalue weighted by atomic mass is 19.1. The number of aromatic amines is 1. The van der Waals surface area contributed by atoms with Crippen molar-refractivity contribution in [3.63, 3.8) is 0 Å². The van der Waals surface area contributed by atoms with E-state index in [-0.39, 0.29) is 12.4 Å². The highest BCUT2D eigenvalue weighted by Gasteiger charge is 2.21. The van der Waals surface area contributed by atoms with Crippen LogP contribution in [0.25, 0.3) is 22.0 Å². The molecule has 0 aliphatic heterocycles. The van der Waals surface area contributed by atoms with E-state index in [0.717, 1.165) is 10.9 Å². The molecule has 4 nitrogen and oxygen atoms in total. The zero-order chi connectivity index (χ0) is 16.4. The summed E-state index contributed by atoms with van der Waals surface area (Å²) < 4.78 is 23.7. The summed E-state index contributed by atoms with van der Waals surface area (Å²) in [7, 11) is 1.57. The Labute approximate surface area is 132 Å². The summed E-state index contributed by atoms with van der Waals surface area (Å²) in [5.41, 5.74) is 2.45. The number of rotatable bonds is 4. The Morgan fingerprint density at radius 2 is 1.91 bits per heavy atom. The Hall–Kier alpha value is -2.82. The Morgan fingerprint density at radius 3 is 2.57 bits per heavy atom. The molecule has 1 aromatic heterocycles. The number of hydrogen-bond donors (Lipinski definition) is 1. The van der Waals surface area contributed by atoms with Gasteiger partial charge in [0.1, 0.15) is 17.3 Å². The molecule has 23 heavy (non-hydrogen) atoms. The number of para-hydroxylation sites is 1. The van der Waals surface area contributed by atoms with Gasteiger partial charge in [-0.25, -0.2) is 9.18 Å². The third kappa shape index (κ3) is 2.65. The molecule has 0 aliphatic carbocycles. The van der Waals surface area contributed by atoms with Crippen molar-refractivity contribution >= 4 is 16.9 Å². The van der Waals surface area contributed by atoms with E-state index in [2.05, 4.69) is 4.98 Å². The maximum atomic E-state index is 13.2. The van der Waals surface area contributed by atoms with Gasteiger partial charge in [-0.3, -0.25) is 0 Å². The van der Waals surface area contributed by atoms with Crippen molar-refractivity contribution in [2.45, 2.75) is 6.92 Å². The largest absolute Gasteiger partial charge is 0.495 e. The fourth-order valence-corrected chi connectivity index (χ4v) is 2.63. The van der Waals surface area contributed by atoms with Crippen LogP contribution in [-0.4, -0.2) is 24.7 Å². The van der Waals surface area contributed by atoms with Crippen LogP contribution in [0, 0.1) is 5.82 Å². The van der Waals surface area contributed by atoms with Crippen molar-refractivity contribution in [3.8, 4) is 16.9 Å². The molecule has 2 aromatic carbocycles.